The van der Waals surface area contributed by atoms with E-state index in [1.807, 2.05) is 11.5 Å². The van der Waals surface area contributed by atoms with Crippen LogP contribution < -0.4 is 0 Å². The van der Waals surface area contributed by atoms with Gasteiger partial charge in [0.15, 0.2) is 0 Å². The second-order valence-electron chi connectivity index (χ2n) is 1.66. The fraction of sp³-hybridized carbons (Fsp3) is 0.600. The highest BCUT2D eigenvalue weighted by Gasteiger charge is 1.90. The maximum Gasteiger partial charge on any atom is 0.129 e. The zero-order chi connectivity index (χ0) is 5.98. The van der Waals surface area contributed by atoms with Crippen LogP contribution in [0.2, 0.25) is 0 Å². The van der Waals surface area contributed by atoms with Crippen molar-refractivity contribution in [3.8, 4) is 0 Å². The molecular formula is C5H9N3. The van der Waals surface area contributed by atoms with Gasteiger partial charge in [0.25, 0.3) is 0 Å². The smallest absolute Gasteiger partial charge is 0.129 e. The maximum absolute atomic E-state index is 3.80. The zero-order valence-corrected chi connectivity index (χ0v) is 5.13. The monoisotopic (exact) mass is 111 g/mol. The van der Waals surface area contributed by atoms with Crippen LogP contribution in [0, 0.1) is 6.92 Å². The van der Waals surface area contributed by atoms with Gasteiger partial charge in [-0.2, -0.15) is 0 Å². The van der Waals surface area contributed by atoms with Crippen molar-refractivity contribution >= 4 is 0 Å². The molecule has 0 aromatic carbocycles. The Labute approximate surface area is 48.4 Å². The average Bonchev–Trinajstić information content (AvgIpc) is 2.14. The van der Waals surface area contributed by atoms with Gasteiger partial charge in [-0.05, 0) is 13.8 Å². The summed E-state index contributed by atoms with van der Waals surface area (Å²) in [4.78, 5) is 0. The molecule has 3 nitrogen and oxygen atoms in total. The SMILES string of the molecule is CCn1cnnc1C. The minimum atomic E-state index is 0.957. The number of hydrogen-bond acceptors (Lipinski definition) is 2. The van der Waals surface area contributed by atoms with Crippen LogP contribution in [-0.2, 0) is 6.54 Å². The summed E-state index contributed by atoms with van der Waals surface area (Å²) in [7, 11) is 0. The second kappa shape index (κ2) is 1.94. The number of aromatic nitrogens is 3. The molecule has 0 atom stereocenters. The Hall–Kier alpha value is -0.860. The van der Waals surface area contributed by atoms with Gasteiger partial charge in [-0.25, -0.2) is 0 Å². The molecule has 0 aliphatic rings. The molecule has 8 heavy (non-hydrogen) atoms. The molecule has 44 valence electrons. The molecule has 0 amide bonds. The van der Waals surface area contributed by atoms with E-state index >= 15 is 0 Å². The van der Waals surface area contributed by atoms with Gasteiger partial charge in [-0.1, -0.05) is 0 Å². The largest absolute Gasteiger partial charge is 0.318 e. The predicted molar refractivity (Wildman–Crippen MR) is 30.4 cm³/mol. The van der Waals surface area contributed by atoms with Crippen LogP contribution in [0.5, 0.6) is 0 Å². The normalized spacial score (nSPS) is 9.75. The molecule has 1 rings (SSSR count). The van der Waals surface area contributed by atoms with Crippen molar-refractivity contribution in [2.45, 2.75) is 20.4 Å². The van der Waals surface area contributed by atoms with Gasteiger partial charge < -0.3 is 4.57 Å². The van der Waals surface area contributed by atoms with Crippen LogP contribution in [-0.4, -0.2) is 14.8 Å². The lowest BCUT2D eigenvalue weighted by Gasteiger charge is -1.93. The number of nitrogens with zero attached hydrogens (tertiary/aromatic N) is 3. The predicted octanol–water partition coefficient (Wildman–Crippen LogP) is 0.606. The zero-order valence-electron chi connectivity index (χ0n) is 5.13. The lowest BCUT2D eigenvalue weighted by atomic mass is 10.6. The first-order chi connectivity index (χ1) is 3.84. The third-order valence-corrected chi connectivity index (χ3v) is 1.15. The summed E-state index contributed by atoms with van der Waals surface area (Å²) in [5.41, 5.74) is 0. The van der Waals surface area contributed by atoms with Crippen LogP contribution in [0.4, 0.5) is 0 Å². The minimum Gasteiger partial charge on any atom is -0.318 e. The van der Waals surface area contributed by atoms with Crippen molar-refractivity contribution in [1.29, 1.82) is 0 Å². The molecule has 0 fully saturated rings. The first-order valence-electron chi connectivity index (χ1n) is 2.69. The minimum absolute atomic E-state index is 0.957. The van der Waals surface area contributed by atoms with Gasteiger partial charge in [-0.3, -0.25) is 0 Å². The Bertz CT molecular complexity index is 168. The molecule has 0 aliphatic heterocycles. The van der Waals surface area contributed by atoms with Gasteiger partial charge in [0.05, 0.1) is 0 Å². The van der Waals surface area contributed by atoms with E-state index in [2.05, 4.69) is 17.1 Å². The molecule has 3 heteroatoms. The van der Waals surface area contributed by atoms with Gasteiger partial charge in [-0.15, -0.1) is 10.2 Å². The van der Waals surface area contributed by atoms with Crippen LogP contribution in [0.25, 0.3) is 0 Å². The molecule has 1 aromatic heterocycles. The maximum atomic E-state index is 3.80. The van der Waals surface area contributed by atoms with E-state index in [-0.39, 0.29) is 0 Å². The molecule has 0 bridgehead atoms. The van der Waals surface area contributed by atoms with Crippen LogP contribution >= 0.6 is 0 Å². The summed E-state index contributed by atoms with van der Waals surface area (Å²) in [6.45, 7) is 4.96. The summed E-state index contributed by atoms with van der Waals surface area (Å²) >= 11 is 0. The first-order valence-corrected chi connectivity index (χ1v) is 2.69. The Kier molecular flexibility index (Phi) is 1.28. The highest BCUT2D eigenvalue weighted by atomic mass is 15.2. The number of aryl methyl sites for hydroxylation is 2. The van der Waals surface area contributed by atoms with E-state index in [1.165, 1.54) is 0 Å². The fourth-order valence-electron chi connectivity index (χ4n) is 0.623. The Morgan fingerprint density at radius 1 is 1.75 bits per heavy atom. The Morgan fingerprint density at radius 2 is 2.50 bits per heavy atom. The van der Waals surface area contributed by atoms with Crippen molar-refractivity contribution in [3.05, 3.63) is 12.2 Å². The fourth-order valence-corrected chi connectivity index (χ4v) is 0.623. The van der Waals surface area contributed by atoms with Gasteiger partial charge in [0.1, 0.15) is 12.2 Å². The van der Waals surface area contributed by atoms with Gasteiger partial charge >= 0.3 is 0 Å². The van der Waals surface area contributed by atoms with E-state index in [0.29, 0.717) is 0 Å². The lowest BCUT2D eigenvalue weighted by Crippen LogP contribution is -1.93. The number of rotatable bonds is 1. The molecule has 0 unspecified atom stereocenters. The third kappa shape index (κ3) is 0.710. The van der Waals surface area contributed by atoms with Crippen molar-refractivity contribution in [3.63, 3.8) is 0 Å². The van der Waals surface area contributed by atoms with E-state index < -0.39 is 0 Å². The van der Waals surface area contributed by atoms with E-state index in [9.17, 15) is 0 Å². The quantitative estimate of drug-likeness (QED) is 0.531. The highest BCUT2D eigenvalue weighted by Crippen LogP contribution is 1.88. The average molecular weight is 111 g/mol. The van der Waals surface area contributed by atoms with Crippen LogP contribution in [0.1, 0.15) is 12.7 Å². The topological polar surface area (TPSA) is 30.7 Å². The van der Waals surface area contributed by atoms with Crippen LogP contribution in [0.15, 0.2) is 6.33 Å². The van der Waals surface area contributed by atoms with E-state index in [1.54, 1.807) is 6.33 Å². The van der Waals surface area contributed by atoms with Crippen LogP contribution in [0.3, 0.4) is 0 Å². The summed E-state index contributed by atoms with van der Waals surface area (Å²) in [5, 5.41) is 7.51. The molecule has 0 N–H and O–H groups in total. The lowest BCUT2D eigenvalue weighted by molar-refractivity contribution is 0.729. The van der Waals surface area contributed by atoms with E-state index in [0.717, 1.165) is 12.4 Å². The van der Waals surface area contributed by atoms with Crippen molar-refractivity contribution < 1.29 is 0 Å². The number of hydrogen-bond donors (Lipinski definition) is 0. The summed E-state index contributed by atoms with van der Waals surface area (Å²) < 4.78 is 1.99. The third-order valence-electron chi connectivity index (χ3n) is 1.15. The van der Waals surface area contributed by atoms with Gasteiger partial charge in [0, 0.05) is 6.54 Å². The highest BCUT2D eigenvalue weighted by molar-refractivity contribution is 4.78. The Balaban J connectivity index is 2.92. The van der Waals surface area contributed by atoms with Crippen molar-refractivity contribution in [1.82, 2.24) is 14.8 Å². The standard InChI is InChI=1S/C5H9N3/c1-3-8-4-6-7-5(8)2/h4H,3H2,1-2H3. The molecule has 0 saturated heterocycles. The van der Waals surface area contributed by atoms with Gasteiger partial charge in [0.2, 0.25) is 0 Å². The summed E-state index contributed by atoms with van der Waals surface area (Å²) in [5.74, 6) is 0.979. The molecule has 1 aromatic rings. The summed E-state index contributed by atoms with van der Waals surface area (Å²) in [6, 6.07) is 0. The Morgan fingerprint density at radius 3 is 2.75 bits per heavy atom. The van der Waals surface area contributed by atoms with Crippen molar-refractivity contribution in [2.24, 2.45) is 0 Å². The molecule has 0 radical (unpaired) electrons. The van der Waals surface area contributed by atoms with E-state index in [4.69, 9.17) is 0 Å². The first kappa shape index (κ1) is 5.28. The van der Waals surface area contributed by atoms with Crippen molar-refractivity contribution in [2.75, 3.05) is 0 Å². The summed E-state index contributed by atoms with van der Waals surface area (Å²) in [6.07, 6.45) is 1.73. The molecular weight excluding hydrogens is 102 g/mol. The molecule has 0 aliphatic carbocycles. The molecule has 1 heterocycles. The second-order valence-corrected chi connectivity index (χ2v) is 1.66. The molecule has 0 spiro atoms. The molecule has 0 saturated carbocycles.